The molecule has 1 aromatic carbocycles. The number of benzene rings is 1. The molecule has 11 heteroatoms. The second-order valence-electron chi connectivity index (χ2n) is 8.13. The summed E-state index contributed by atoms with van der Waals surface area (Å²) in [5.74, 6) is 0.383. The van der Waals surface area contributed by atoms with Crippen LogP contribution in [0.1, 0.15) is 23.3 Å². The Hall–Kier alpha value is -3.47. The van der Waals surface area contributed by atoms with Crippen molar-refractivity contribution in [3.8, 4) is 11.3 Å². The summed E-state index contributed by atoms with van der Waals surface area (Å²) in [6.45, 7) is 2.84. The van der Waals surface area contributed by atoms with Gasteiger partial charge in [-0.25, -0.2) is 19.0 Å². The molecule has 1 aliphatic rings. The maximum Gasteiger partial charge on any atom is 0.269 e. The molecule has 1 aliphatic heterocycles. The Bertz CT molecular complexity index is 1330. The lowest BCUT2D eigenvalue weighted by atomic mass is 10.1. The molecular formula is C23H25FN8OS. The molecule has 176 valence electrons. The Morgan fingerprint density at radius 2 is 1.94 bits per heavy atom. The second kappa shape index (κ2) is 9.41. The summed E-state index contributed by atoms with van der Waals surface area (Å²) >= 11 is 1.51. The van der Waals surface area contributed by atoms with Crippen LogP contribution < -0.4 is 10.2 Å². The van der Waals surface area contributed by atoms with Crippen molar-refractivity contribution < 1.29 is 9.18 Å². The van der Waals surface area contributed by atoms with E-state index in [4.69, 9.17) is 4.98 Å². The van der Waals surface area contributed by atoms with Crippen LogP contribution in [0.5, 0.6) is 0 Å². The highest BCUT2D eigenvalue weighted by molar-refractivity contribution is 7.98. The van der Waals surface area contributed by atoms with Crippen LogP contribution in [0, 0.1) is 5.82 Å². The highest BCUT2D eigenvalue weighted by atomic mass is 32.2. The van der Waals surface area contributed by atoms with Crippen molar-refractivity contribution in [2.24, 2.45) is 7.05 Å². The van der Waals surface area contributed by atoms with E-state index in [1.165, 1.54) is 28.6 Å². The standard InChI is InChI=1S/C23H25FN8OS/c1-30-19(13-18(29-30)15-5-7-16(24)8-6-15)22(33)25-9-12-32-21-17(14-26-32)20(27-23(28-21)34-2)31-10-3-4-11-31/h5-8,13-14H,3-4,9-12H2,1-2H3,(H,25,33). The predicted molar refractivity (Wildman–Crippen MR) is 129 cm³/mol. The number of hydrogen-bond acceptors (Lipinski definition) is 7. The number of thioether (sulfide) groups is 1. The number of aryl methyl sites for hydroxylation is 1. The second-order valence-corrected chi connectivity index (χ2v) is 8.91. The van der Waals surface area contributed by atoms with E-state index in [-0.39, 0.29) is 11.7 Å². The lowest BCUT2D eigenvalue weighted by molar-refractivity contribution is 0.0942. The van der Waals surface area contributed by atoms with Crippen molar-refractivity contribution in [2.75, 3.05) is 30.8 Å². The SMILES string of the molecule is CSc1nc(N2CCCC2)c2cnn(CCNC(=O)c3cc(-c4ccc(F)cc4)nn3C)c2n1. The average molecular weight is 481 g/mol. The van der Waals surface area contributed by atoms with Gasteiger partial charge in [-0.2, -0.15) is 10.2 Å². The summed E-state index contributed by atoms with van der Waals surface area (Å²) in [6.07, 6.45) is 6.10. The van der Waals surface area contributed by atoms with Gasteiger partial charge >= 0.3 is 0 Å². The summed E-state index contributed by atoms with van der Waals surface area (Å²) in [4.78, 5) is 24.5. The number of halogens is 1. The van der Waals surface area contributed by atoms with Gasteiger partial charge in [-0.3, -0.25) is 9.48 Å². The maximum atomic E-state index is 13.2. The fourth-order valence-electron chi connectivity index (χ4n) is 4.15. The first-order chi connectivity index (χ1) is 16.5. The molecule has 0 saturated carbocycles. The van der Waals surface area contributed by atoms with Gasteiger partial charge in [0.05, 0.1) is 23.8 Å². The molecule has 3 aromatic heterocycles. The highest BCUT2D eigenvalue weighted by Crippen LogP contribution is 2.28. The van der Waals surface area contributed by atoms with E-state index in [1.54, 1.807) is 25.2 Å². The summed E-state index contributed by atoms with van der Waals surface area (Å²) in [6, 6.07) is 7.73. The van der Waals surface area contributed by atoms with Crippen LogP contribution in [-0.4, -0.2) is 61.3 Å². The molecule has 1 amide bonds. The number of rotatable bonds is 7. The number of carbonyl (C=O) groups is 1. The molecule has 0 unspecified atom stereocenters. The van der Waals surface area contributed by atoms with E-state index in [1.807, 2.05) is 17.1 Å². The fraction of sp³-hybridized carbons (Fsp3) is 0.348. The minimum atomic E-state index is -0.314. The molecule has 0 aliphatic carbocycles. The number of amides is 1. The lowest BCUT2D eigenvalue weighted by Crippen LogP contribution is -2.29. The first-order valence-electron chi connectivity index (χ1n) is 11.1. The van der Waals surface area contributed by atoms with Crippen LogP contribution in [0.2, 0.25) is 0 Å². The molecule has 1 N–H and O–H groups in total. The van der Waals surface area contributed by atoms with Gasteiger partial charge in [0.25, 0.3) is 5.91 Å². The Balaban J connectivity index is 1.29. The Morgan fingerprint density at radius 3 is 2.68 bits per heavy atom. The number of nitrogens with one attached hydrogen (secondary N) is 1. The van der Waals surface area contributed by atoms with Crippen molar-refractivity contribution in [1.29, 1.82) is 0 Å². The Morgan fingerprint density at radius 1 is 1.18 bits per heavy atom. The lowest BCUT2D eigenvalue weighted by Gasteiger charge is -2.17. The summed E-state index contributed by atoms with van der Waals surface area (Å²) < 4.78 is 16.5. The first-order valence-corrected chi connectivity index (χ1v) is 12.4. The number of hydrogen-bond donors (Lipinski definition) is 1. The maximum absolute atomic E-state index is 13.2. The first kappa shape index (κ1) is 22.3. The zero-order valence-electron chi connectivity index (χ0n) is 19.0. The van der Waals surface area contributed by atoms with Crippen LogP contribution in [0.15, 0.2) is 41.7 Å². The number of aromatic nitrogens is 6. The summed E-state index contributed by atoms with van der Waals surface area (Å²) in [7, 11) is 1.71. The minimum Gasteiger partial charge on any atom is -0.356 e. The third-order valence-electron chi connectivity index (χ3n) is 5.91. The van der Waals surface area contributed by atoms with E-state index in [0.29, 0.717) is 29.6 Å². The van der Waals surface area contributed by atoms with Crippen molar-refractivity contribution in [3.63, 3.8) is 0 Å². The van der Waals surface area contributed by atoms with Crippen LogP contribution >= 0.6 is 11.8 Å². The van der Waals surface area contributed by atoms with Gasteiger partial charge in [-0.1, -0.05) is 11.8 Å². The van der Waals surface area contributed by atoms with Gasteiger partial charge in [0.2, 0.25) is 0 Å². The van der Waals surface area contributed by atoms with Gasteiger partial charge < -0.3 is 10.2 Å². The average Bonchev–Trinajstić information content (AvgIpc) is 3.59. The zero-order chi connectivity index (χ0) is 23.7. The molecule has 0 radical (unpaired) electrons. The van der Waals surface area contributed by atoms with E-state index in [0.717, 1.165) is 48.3 Å². The van der Waals surface area contributed by atoms with Crippen LogP contribution in [-0.2, 0) is 13.6 Å². The van der Waals surface area contributed by atoms with E-state index in [2.05, 4.69) is 25.4 Å². The zero-order valence-corrected chi connectivity index (χ0v) is 19.8. The largest absolute Gasteiger partial charge is 0.356 e. The molecule has 0 spiro atoms. The molecule has 1 fully saturated rings. The summed E-state index contributed by atoms with van der Waals surface area (Å²) in [5, 5.41) is 13.5. The number of fused-ring (bicyclic) bond motifs is 1. The molecule has 9 nitrogen and oxygen atoms in total. The topological polar surface area (TPSA) is 93.8 Å². The quantitative estimate of drug-likeness (QED) is 0.321. The number of nitrogens with zero attached hydrogens (tertiary/aromatic N) is 7. The monoisotopic (exact) mass is 480 g/mol. The Kier molecular flexibility index (Phi) is 6.18. The van der Waals surface area contributed by atoms with Crippen molar-refractivity contribution in [1.82, 2.24) is 34.8 Å². The molecule has 1 saturated heterocycles. The van der Waals surface area contributed by atoms with Crippen LogP contribution in [0.3, 0.4) is 0 Å². The third-order valence-corrected chi connectivity index (χ3v) is 6.45. The molecule has 0 bridgehead atoms. The van der Waals surface area contributed by atoms with Gasteiger partial charge in [0.1, 0.15) is 17.3 Å². The van der Waals surface area contributed by atoms with Gasteiger partial charge in [-0.15, -0.1) is 0 Å². The summed E-state index contributed by atoms with van der Waals surface area (Å²) in [5.41, 5.74) is 2.56. The normalized spacial score (nSPS) is 13.7. The fourth-order valence-corrected chi connectivity index (χ4v) is 4.51. The van der Waals surface area contributed by atoms with Crippen molar-refractivity contribution >= 4 is 34.5 Å². The molecule has 0 atom stereocenters. The van der Waals surface area contributed by atoms with Crippen LogP contribution in [0.25, 0.3) is 22.3 Å². The molecule has 34 heavy (non-hydrogen) atoms. The number of anilines is 1. The third kappa shape index (κ3) is 4.35. The van der Waals surface area contributed by atoms with Crippen LogP contribution in [0.4, 0.5) is 10.2 Å². The Labute approximate surface area is 200 Å². The smallest absolute Gasteiger partial charge is 0.269 e. The molecular weight excluding hydrogens is 455 g/mol. The van der Waals surface area contributed by atoms with Gasteiger partial charge in [0.15, 0.2) is 10.8 Å². The predicted octanol–water partition coefficient (Wildman–Crippen LogP) is 3.12. The highest BCUT2D eigenvalue weighted by Gasteiger charge is 2.21. The van der Waals surface area contributed by atoms with E-state index in [9.17, 15) is 9.18 Å². The molecule has 5 rings (SSSR count). The van der Waals surface area contributed by atoms with Crippen molar-refractivity contribution in [3.05, 3.63) is 48.0 Å². The van der Waals surface area contributed by atoms with Gasteiger partial charge in [0, 0.05) is 32.2 Å². The van der Waals surface area contributed by atoms with E-state index >= 15 is 0 Å². The van der Waals surface area contributed by atoms with Gasteiger partial charge in [-0.05, 0) is 49.4 Å². The van der Waals surface area contributed by atoms with E-state index < -0.39 is 0 Å². The number of carbonyl (C=O) groups excluding carboxylic acids is 1. The molecule has 4 aromatic rings. The van der Waals surface area contributed by atoms with Crippen molar-refractivity contribution in [2.45, 2.75) is 24.5 Å². The minimum absolute atomic E-state index is 0.239. The molecule has 4 heterocycles.